The quantitative estimate of drug-likeness (QED) is 0.884. The van der Waals surface area contributed by atoms with E-state index in [0.717, 1.165) is 13.1 Å². The molecule has 0 spiro atoms. The summed E-state index contributed by atoms with van der Waals surface area (Å²) in [6, 6.07) is 0. The average molecular weight is 318 g/mol. The van der Waals surface area contributed by atoms with Crippen LogP contribution in [0.4, 0.5) is 0 Å². The summed E-state index contributed by atoms with van der Waals surface area (Å²) in [5, 5.41) is 9.83. The molecule has 3 rings (SSSR count). The van der Waals surface area contributed by atoms with Crippen molar-refractivity contribution in [1.82, 2.24) is 19.8 Å². The summed E-state index contributed by atoms with van der Waals surface area (Å²) in [6.07, 6.45) is 5.82. The van der Waals surface area contributed by atoms with Crippen LogP contribution in [0.1, 0.15) is 30.3 Å². The number of fused-ring (bicyclic) bond motifs is 1. The third-order valence-electron chi connectivity index (χ3n) is 5.20. The molecule has 2 saturated heterocycles. The first-order valence-electron chi connectivity index (χ1n) is 8.08. The maximum Gasteiger partial charge on any atom is 0.311 e. The molecule has 124 valence electrons. The van der Waals surface area contributed by atoms with Gasteiger partial charge in [0.1, 0.15) is 5.69 Å². The van der Waals surface area contributed by atoms with Crippen LogP contribution in [-0.4, -0.2) is 69.5 Å². The molecule has 2 fully saturated rings. The largest absolute Gasteiger partial charge is 0.481 e. The van der Waals surface area contributed by atoms with Gasteiger partial charge in [-0.1, -0.05) is 6.92 Å². The predicted molar refractivity (Wildman–Crippen MR) is 82.8 cm³/mol. The van der Waals surface area contributed by atoms with E-state index in [1.165, 1.54) is 18.6 Å². The zero-order chi connectivity index (χ0) is 16.4. The Hall–Kier alpha value is -2.02. The monoisotopic (exact) mass is 318 g/mol. The van der Waals surface area contributed by atoms with Crippen LogP contribution in [-0.2, 0) is 4.79 Å². The van der Waals surface area contributed by atoms with Gasteiger partial charge >= 0.3 is 5.97 Å². The molecule has 0 radical (unpaired) electrons. The molecule has 2 atom stereocenters. The fourth-order valence-electron chi connectivity index (χ4n) is 3.88. The Morgan fingerprint density at radius 3 is 2.87 bits per heavy atom. The molecule has 7 nitrogen and oxygen atoms in total. The topological polar surface area (TPSA) is 86.6 Å². The van der Waals surface area contributed by atoms with Crippen LogP contribution in [0.3, 0.4) is 0 Å². The Morgan fingerprint density at radius 2 is 2.22 bits per heavy atom. The van der Waals surface area contributed by atoms with Gasteiger partial charge in [0.15, 0.2) is 0 Å². The number of likely N-dealkylation sites (tertiary alicyclic amines) is 2. The van der Waals surface area contributed by atoms with Gasteiger partial charge in [0.2, 0.25) is 0 Å². The summed E-state index contributed by atoms with van der Waals surface area (Å²) in [7, 11) is 0. The molecular weight excluding hydrogens is 296 g/mol. The first kappa shape index (κ1) is 15.9. The lowest BCUT2D eigenvalue weighted by atomic mass is 9.75. The van der Waals surface area contributed by atoms with Crippen molar-refractivity contribution < 1.29 is 14.7 Å². The summed E-state index contributed by atoms with van der Waals surface area (Å²) >= 11 is 0. The predicted octanol–water partition coefficient (Wildman–Crippen LogP) is 0.735. The molecule has 2 aliphatic heterocycles. The number of rotatable bonds is 3. The van der Waals surface area contributed by atoms with Crippen molar-refractivity contribution in [2.24, 2.45) is 11.3 Å². The van der Waals surface area contributed by atoms with Gasteiger partial charge in [-0.3, -0.25) is 14.6 Å². The molecule has 1 aromatic rings. The number of carbonyl (C=O) groups excluding carboxylic acids is 1. The van der Waals surface area contributed by atoms with E-state index in [1.54, 1.807) is 4.90 Å². The SMILES string of the molecule is CCN1C[C@H]2CN(C(=O)c3cnccn3)CCC[C@@]2(C(=O)O)C1. The molecule has 1 amide bonds. The van der Waals surface area contributed by atoms with E-state index in [0.29, 0.717) is 38.2 Å². The minimum Gasteiger partial charge on any atom is -0.481 e. The second-order valence-corrected chi connectivity index (χ2v) is 6.43. The normalized spacial score (nSPS) is 28.2. The van der Waals surface area contributed by atoms with Crippen molar-refractivity contribution in [3.63, 3.8) is 0 Å². The van der Waals surface area contributed by atoms with E-state index in [9.17, 15) is 14.7 Å². The van der Waals surface area contributed by atoms with Gasteiger partial charge in [-0.25, -0.2) is 4.98 Å². The lowest BCUT2D eigenvalue weighted by Gasteiger charge is -2.29. The molecule has 1 N–H and O–H groups in total. The molecule has 0 aliphatic carbocycles. The van der Waals surface area contributed by atoms with E-state index in [4.69, 9.17) is 0 Å². The Bertz CT molecular complexity index is 594. The third-order valence-corrected chi connectivity index (χ3v) is 5.20. The van der Waals surface area contributed by atoms with Crippen molar-refractivity contribution in [2.75, 3.05) is 32.7 Å². The Labute approximate surface area is 135 Å². The van der Waals surface area contributed by atoms with Gasteiger partial charge in [0, 0.05) is 44.5 Å². The fraction of sp³-hybridized carbons (Fsp3) is 0.625. The summed E-state index contributed by atoms with van der Waals surface area (Å²) in [4.78, 5) is 36.5. The molecular formula is C16H22N4O3. The minimum atomic E-state index is -0.729. The fourth-order valence-corrected chi connectivity index (χ4v) is 3.88. The van der Waals surface area contributed by atoms with Gasteiger partial charge in [-0.15, -0.1) is 0 Å². The third kappa shape index (κ3) is 2.81. The summed E-state index contributed by atoms with van der Waals surface area (Å²) < 4.78 is 0. The zero-order valence-corrected chi connectivity index (χ0v) is 13.3. The lowest BCUT2D eigenvalue weighted by molar-refractivity contribution is -0.150. The Kier molecular flexibility index (Phi) is 4.30. The van der Waals surface area contributed by atoms with Crippen molar-refractivity contribution in [1.29, 1.82) is 0 Å². The van der Waals surface area contributed by atoms with Crippen LogP contribution in [0.15, 0.2) is 18.6 Å². The van der Waals surface area contributed by atoms with Crippen molar-refractivity contribution in [3.8, 4) is 0 Å². The van der Waals surface area contributed by atoms with Crippen LogP contribution < -0.4 is 0 Å². The van der Waals surface area contributed by atoms with Crippen molar-refractivity contribution in [3.05, 3.63) is 24.3 Å². The van der Waals surface area contributed by atoms with Gasteiger partial charge in [-0.2, -0.15) is 0 Å². The average Bonchev–Trinajstić information content (AvgIpc) is 2.83. The van der Waals surface area contributed by atoms with Crippen LogP contribution in [0.5, 0.6) is 0 Å². The van der Waals surface area contributed by atoms with E-state index < -0.39 is 11.4 Å². The van der Waals surface area contributed by atoms with Crippen LogP contribution in [0, 0.1) is 11.3 Å². The number of aromatic nitrogens is 2. The van der Waals surface area contributed by atoms with Crippen LogP contribution in [0.2, 0.25) is 0 Å². The zero-order valence-electron chi connectivity index (χ0n) is 13.3. The number of hydrogen-bond acceptors (Lipinski definition) is 5. The maximum absolute atomic E-state index is 12.6. The molecule has 0 aromatic carbocycles. The standard InChI is InChI=1S/C16H22N4O3/c1-2-19-9-12-10-20(14(21)13-8-17-5-6-18-13)7-3-4-16(12,11-19)15(22)23/h5-6,8,12H,2-4,7,9-11H2,1H3,(H,22,23)/t12-,16+/m0/s1. The van der Waals surface area contributed by atoms with Gasteiger partial charge in [-0.05, 0) is 19.4 Å². The number of nitrogens with zero attached hydrogens (tertiary/aromatic N) is 4. The highest BCUT2D eigenvalue weighted by Gasteiger charge is 2.53. The highest BCUT2D eigenvalue weighted by Crippen LogP contribution is 2.42. The molecule has 7 heteroatoms. The number of hydrogen-bond donors (Lipinski definition) is 1. The number of amides is 1. The van der Waals surface area contributed by atoms with Crippen LogP contribution >= 0.6 is 0 Å². The highest BCUT2D eigenvalue weighted by molar-refractivity contribution is 5.92. The van der Waals surface area contributed by atoms with Crippen molar-refractivity contribution >= 4 is 11.9 Å². The molecule has 0 unspecified atom stereocenters. The number of carboxylic acid groups (broad SMARTS) is 1. The van der Waals surface area contributed by atoms with E-state index in [1.807, 2.05) is 6.92 Å². The highest BCUT2D eigenvalue weighted by atomic mass is 16.4. The van der Waals surface area contributed by atoms with Crippen LogP contribution in [0.25, 0.3) is 0 Å². The van der Waals surface area contributed by atoms with E-state index in [-0.39, 0.29) is 11.8 Å². The molecule has 23 heavy (non-hydrogen) atoms. The minimum absolute atomic E-state index is 0.0388. The molecule has 2 aliphatic rings. The molecule has 3 heterocycles. The first-order valence-corrected chi connectivity index (χ1v) is 8.08. The second kappa shape index (κ2) is 6.23. The molecule has 1 aromatic heterocycles. The second-order valence-electron chi connectivity index (χ2n) is 6.43. The summed E-state index contributed by atoms with van der Waals surface area (Å²) in [5.41, 5.74) is -0.409. The van der Waals surface area contributed by atoms with Gasteiger partial charge < -0.3 is 14.9 Å². The number of carboxylic acids is 1. The number of aliphatic carboxylic acids is 1. The first-order chi connectivity index (χ1) is 11.1. The summed E-state index contributed by atoms with van der Waals surface area (Å²) in [5.74, 6) is -0.926. The number of carbonyl (C=O) groups is 2. The lowest BCUT2D eigenvalue weighted by Crippen LogP contribution is -2.42. The Morgan fingerprint density at radius 1 is 1.39 bits per heavy atom. The Balaban J connectivity index is 1.83. The summed E-state index contributed by atoms with van der Waals surface area (Å²) in [6.45, 7) is 5.24. The molecule has 0 saturated carbocycles. The smallest absolute Gasteiger partial charge is 0.311 e. The van der Waals surface area contributed by atoms with E-state index in [2.05, 4.69) is 14.9 Å². The molecule has 0 bridgehead atoms. The maximum atomic E-state index is 12.6. The van der Waals surface area contributed by atoms with Crippen molar-refractivity contribution in [2.45, 2.75) is 19.8 Å². The van der Waals surface area contributed by atoms with Gasteiger partial charge in [0.05, 0.1) is 11.6 Å². The van der Waals surface area contributed by atoms with E-state index >= 15 is 0 Å². The van der Waals surface area contributed by atoms with Gasteiger partial charge in [0.25, 0.3) is 5.91 Å².